The van der Waals surface area contributed by atoms with E-state index in [2.05, 4.69) is 82.7 Å². The van der Waals surface area contributed by atoms with Gasteiger partial charge in [0.05, 0.1) is 7.11 Å². The van der Waals surface area contributed by atoms with Crippen LogP contribution < -0.4 is 4.74 Å². The quantitative estimate of drug-likeness (QED) is 0.485. The summed E-state index contributed by atoms with van der Waals surface area (Å²) < 4.78 is 6.38. The van der Waals surface area contributed by atoms with Crippen molar-refractivity contribution in [2.24, 2.45) is 0 Å². The van der Waals surface area contributed by atoms with Gasteiger partial charge in [0.25, 0.3) is 0 Å². The van der Waals surface area contributed by atoms with Gasteiger partial charge < -0.3 is 4.74 Å². The Morgan fingerprint density at radius 1 is 1.04 bits per heavy atom. The lowest BCUT2D eigenvalue weighted by atomic mass is 10.1. The first-order valence-electron chi connectivity index (χ1n) is 8.26. The van der Waals surface area contributed by atoms with Gasteiger partial charge in [0.1, 0.15) is 9.83 Å². The molecule has 0 saturated carbocycles. The molecule has 0 bridgehead atoms. The summed E-state index contributed by atoms with van der Waals surface area (Å²) in [6, 6.07) is 18.8. The van der Waals surface area contributed by atoms with Crippen molar-refractivity contribution >= 4 is 43.9 Å². The van der Waals surface area contributed by atoms with Gasteiger partial charge in [0.2, 0.25) is 0 Å². The van der Waals surface area contributed by atoms with Crippen LogP contribution in [0, 0.1) is 0 Å². The summed E-state index contributed by atoms with van der Waals surface area (Å²) in [5, 5.41) is 0. The highest BCUT2D eigenvalue weighted by Crippen LogP contribution is 2.51. The molecule has 0 atom stereocenters. The number of hydrogen-bond donors (Lipinski definition) is 0. The third kappa shape index (κ3) is 4.75. The fourth-order valence-electron chi connectivity index (χ4n) is 2.68. The Hall–Kier alpha value is -1.10. The van der Waals surface area contributed by atoms with Crippen molar-refractivity contribution in [1.29, 1.82) is 0 Å². The molecule has 4 heteroatoms. The van der Waals surface area contributed by atoms with Crippen LogP contribution in [-0.4, -0.2) is 18.6 Å². The first kappa shape index (κ1) is 18.7. The molecule has 1 fully saturated rings. The van der Waals surface area contributed by atoms with Gasteiger partial charge in [0.15, 0.2) is 0 Å². The Labute approximate surface area is 167 Å². The SMILES string of the molecule is COc1ccc(C2(/C=C/C=C(\Br)c3ccccc3)SCCCS2)cc1. The summed E-state index contributed by atoms with van der Waals surface area (Å²) in [4.78, 5) is 0. The Bertz CT molecular complexity index is 732. The number of thioether (sulfide) groups is 2. The molecule has 2 aromatic carbocycles. The predicted octanol–water partition coefficient (Wildman–Crippen LogP) is 6.71. The molecule has 0 N–H and O–H groups in total. The maximum Gasteiger partial charge on any atom is 0.118 e. The average Bonchev–Trinajstić information content (AvgIpc) is 2.69. The second kappa shape index (κ2) is 9.02. The molecule has 0 radical (unpaired) electrons. The molecular formula is C21H21BrOS2. The number of allylic oxidation sites excluding steroid dienone is 2. The van der Waals surface area contributed by atoms with Crippen LogP contribution in [0.5, 0.6) is 5.75 Å². The van der Waals surface area contributed by atoms with Crippen molar-refractivity contribution in [3.05, 3.63) is 84.0 Å². The van der Waals surface area contributed by atoms with E-state index in [1.54, 1.807) is 7.11 Å². The third-order valence-electron chi connectivity index (χ3n) is 4.02. The summed E-state index contributed by atoms with van der Waals surface area (Å²) >= 11 is 7.71. The summed E-state index contributed by atoms with van der Waals surface area (Å²) in [5.41, 5.74) is 2.51. The minimum Gasteiger partial charge on any atom is -0.497 e. The second-order valence-corrected chi connectivity index (χ2v) is 9.48. The average molecular weight is 433 g/mol. The Morgan fingerprint density at radius 2 is 1.72 bits per heavy atom. The molecule has 1 saturated heterocycles. The van der Waals surface area contributed by atoms with Crippen molar-refractivity contribution in [2.45, 2.75) is 10.5 Å². The van der Waals surface area contributed by atoms with E-state index in [9.17, 15) is 0 Å². The largest absolute Gasteiger partial charge is 0.497 e. The summed E-state index contributed by atoms with van der Waals surface area (Å²) in [5.74, 6) is 3.28. The number of hydrogen-bond acceptors (Lipinski definition) is 3. The molecule has 2 aromatic rings. The van der Waals surface area contributed by atoms with Crippen LogP contribution in [0.1, 0.15) is 17.5 Å². The minimum absolute atomic E-state index is 0.0228. The number of benzene rings is 2. The van der Waals surface area contributed by atoms with E-state index in [-0.39, 0.29) is 4.08 Å². The monoisotopic (exact) mass is 432 g/mol. The van der Waals surface area contributed by atoms with Gasteiger partial charge in [-0.25, -0.2) is 0 Å². The minimum atomic E-state index is -0.0228. The fourth-order valence-corrected chi connectivity index (χ4v) is 6.26. The molecule has 0 aromatic heterocycles. The molecule has 1 nitrogen and oxygen atoms in total. The maximum absolute atomic E-state index is 5.30. The van der Waals surface area contributed by atoms with Gasteiger partial charge in [-0.15, -0.1) is 23.5 Å². The topological polar surface area (TPSA) is 9.23 Å². The molecule has 3 rings (SSSR count). The zero-order valence-corrected chi connectivity index (χ0v) is 17.4. The van der Waals surface area contributed by atoms with E-state index in [1.165, 1.54) is 29.1 Å². The van der Waals surface area contributed by atoms with Crippen molar-refractivity contribution in [1.82, 2.24) is 0 Å². The van der Waals surface area contributed by atoms with Crippen LogP contribution in [0.15, 0.2) is 72.8 Å². The van der Waals surface area contributed by atoms with Crippen LogP contribution in [-0.2, 0) is 4.08 Å². The van der Waals surface area contributed by atoms with Gasteiger partial charge >= 0.3 is 0 Å². The number of methoxy groups -OCH3 is 1. The zero-order valence-electron chi connectivity index (χ0n) is 14.2. The molecular weight excluding hydrogens is 412 g/mol. The van der Waals surface area contributed by atoms with Gasteiger partial charge in [-0.3, -0.25) is 0 Å². The molecule has 0 amide bonds. The second-order valence-electron chi connectivity index (χ2n) is 5.69. The van der Waals surface area contributed by atoms with Crippen LogP contribution in [0.25, 0.3) is 4.48 Å². The smallest absolute Gasteiger partial charge is 0.118 e. The van der Waals surface area contributed by atoms with E-state index in [0.29, 0.717) is 0 Å². The highest BCUT2D eigenvalue weighted by atomic mass is 79.9. The Kier molecular flexibility index (Phi) is 6.74. The van der Waals surface area contributed by atoms with Crippen LogP contribution >= 0.6 is 39.5 Å². The van der Waals surface area contributed by atoms with E-state index in [0.717, 1.165) is 10.2 Å². The number of halogens is 1. The Balaban J connectivity index is 1.85. The highest BCUT2D eigenvalue weighted by molar-refractivity contribution is 9.15. The highest BCUT2D eigenvalue weighted by Gasteiger charge is 2.32. The van der Waals surface area contributed by atoms with Crippen molar-refractivity contribution in [3.8, 4) is 5.75 Å². The molecule has 25 heavy (non-hydrogen) atoms. The van der Waals surface area contributed by atoms with E-state index in [1.807, 2.05) is 29.6 Å². The molecule has 1 heterocycles. The van der Waals surface area contributed by atoms with Crippen LogP contribution in [0.3, 0.4) is 0 Å². The lowest BCUT2D eigenvalue weighted by Gasteiger charge is -2.34. The first-order chi connectivity index (χ1) is 12.2. The third-order valence-corrected chi connectivity index (χ3v) is 8.04. The van der Waals surface area contributed by atoms with Gasteiger partial charge in [-0.2, -0.15) is 0 Å². The lowest BCUT2D eigenvalue weighted by Crippen LogP contribution is -2.20. The number of ether oxygens (including phenoxy) is 1. The normalized spacial score (nSPS) is 17.6. The van der Waals surface area contributed by atoms with E-state index < -0.39 is 0 Å². The molecule has 1 aliphatic heterocycles. The van der Waals surface area contributed by atoms with Gasteiger partial charge in [0, 0.05) is 4.48 Å². The lowest BCUT2D eigenvalue weighted by molar-refractivity contribution is 0.414. The molecule has 1 aliphatic rings. The summed E-state index contributed by atoms with van der Waals surface area (Å²) in [7, 11) is 1.71. The predicted molar refractivity (Wildman–Crippen MR) is 117 cm³/mol. The van der Waals surface area contributed by atoms with Crippen molar-refractivity contribution < 1.29 is 4.74 Å². The number of rotatable bonds is 5. The summed E-state index contributed by atoms with van der Waals surface area (Å²) in [6.45, 7) is 0. The first-order valence-corrected chi connectivity index (χ1v) is 11.0. The maximum atomic E-state index is 5.30. The van der Waals surface area contributed by atoms with Crippen molar-refractivity contribution in [2.75, 3.05) is 18.6 Å². The standard InChI is InChI=1S/C21H21BrOS2/c1-23-19-12-10-18(11-13-19)21(24-15-6-16-25-21)14-5-9-20(22)17-7-3-2-4-8-17/h2-5,7-14H,6,15-16H2,1H3/b14-5+,20-9-. The molecule has 0 spiro atoms. The van der Waals surface area contributed by atoms with Crippen LogP contribution in [0.2, 0.25) is 0 Å². The summed E-state index contributed by atoms with van der Waals surface area (Å²) in [6.07, 6.45) is 7.90. The molecule has 0 aliphatic carbocycles. The van der Waals surface area contributed by atoms with Gasteiger partial charge in [-0.1, -0.05) is 70.5 Å². The molecule has 0 unspecified atom stereocenters. The van der Waals surface area contributed by atoms with Gasteiger partial charge in [-0.05, 0) is 47.3 Å². The fraction of sp³-hybridized carbons (Fsp3) is 0.238. The van der Waals surface area contributed by atoms with E-state index in [4.69, 9.17) is 4.74 Å². The van der Waals surface area contributed by atoms with Crippen molar-refractivity contribution in [3.63, 3.8) is 0 Å². The van der Waals surface area contributed by atoms with Crippen LogP contribution in [0.4, 0.5) is 0 Å². The zero-order chi connectivity index (χ0) is 17.5. The molecule has 130 valence electrons. The van der Waals surface area contributed by atoms with E-state index >= 15 is 0 Å². The Morgan fingerprint density at radius 3 is 2.36 bits per heavy atom.